The highest BCUT2D eigenvalue weighted by molar-refractivity contribution is 7.83. The van der Waals surface area contributed by atoms with Gasteiger partial charge in [0.25, 0.3) is 0 Å². The second-order valence-corrected chi connectivity index (χ2v) is 2.94. The fourth-order valence-corrected chi connectivity index (χ4v) is 0.894. The van der Waals surface area contributed by atoms with Gasteiger partial charge in [0.15, 0.2) is 0 Å². The zero-order chi connectivity index (χ0) is 8.43. The average molecular weight is 193 g/mol. The van der Waals surface area contributed by atoms with Crippen molar-refractivity contribution in [1.82, 2.24) is 0 Å². The van der Waals surface area contributed by atoms with E-state index < -0.39 is 11.6 Å². The third kappa shape index (κ3) is 2.20. The van der Waals surface area contributed by atoms with Crippen LogP contribution in [0.3, 0.4) is 0 Å². The predicted octanol–water partition coefficient (Wildman–Crippen LogP) is 2.88. The first-order chi connectivity index (χ1) is 5.09. The van der Waals surface area contributed by atoms with Crippen LogP contribution in [0.25, 0.3) is 0 Å². The molecular weight excluding hydrogens is 190 g/mol. The topological polar surface area (TPSA) is 0 Å². The lowest BCUT2D eigenvalue weighted by atomic mass is 10.2. The third-order valence-corrected chi connectivity index (χ3v) is 1.54. The third-order valence-electron chi connectivity index (χ3n) is 1.09. The van der Waals surface area contributed by atoms with Gasteiger partial charge in [-0.2, -0.15) is 0 Å². The van der Waals surface area contributed by atoms with Crippen molar-refractivity contribution in [2.45, 2.75) is 0 Å². The van der Waals surface area contributed by atoms with Crippen molar-refractivity contribution in [3.05, 3.63) is 35.4 Å². The number of thiocarbonyl (C=S) groups is 1. The fraction of sp³-hybridized carbons (Fsp3) is 0. The van der Waals surface area contributed by atoms with E-state index in [1.54, 1.807) is 0 Å². The molecule has 4 heteroatoms. The van der Waals surface area contributed by atoms with Gasteiger partial charge in [-0.25, -0.2) is 8.78 Å². The van der Waals surface area contributed by atoms with Gasteiger partial charge in [0.1, 0.15) is 16.0 Å². The minimum absolute atomic E-state index is 0.0385. The Morgan fingerprint density at radius 3 is 2.00 bits per heavy atom. The molecule has 1 aromatic rings. The molecule has 0 unspecified atom stereocenters. The van der Waals surface area contributed by atoms with Crippen LogP contribution >= 0.6 is 23.8 Å². The number of benzene rings is 1. The SMILES string of the molecule is Fc1cc(F)cc(C(=S)Cl)c1. The van der Waals surface area contributed by atoms with E-state index in [1.165, 1.54) is 0 Å². The molecule has 0 heterocycles. The highest BCUT2D eigenvalue weighted by Crippen LogP contribution is 2.10. The van der Waals surface area contributed by atoms with Gasteiger partial charge < -0.3 is 0 Å². The number of hydrogen-bond acceptors (Lipinski definition) is 1. The smallest absolute Gasteiger partial charge is 0.126 e. The van der Waals surface area contributed by atoms with Gasteiger partial charge in [0.05, 0.1) is 0 Å². The van der Waals surface area contributed by atoms with Crippen LogP contribution in [0.5, 0.6) is 0 Å². The summed E-state index contributed by atoms with van der Waals surface area (Å²) >= 11 is 9.86. The summed E-state index contributed by atoms with van der Waals surface area (Å²) < 4.78 is 24.8. The molecule has 0 spiro atoms. The molecule has 1 aromatic carbocycles. The van der Waals surface area contributed by atoms with E-state index in [1.807, 2.05) is 0 Å². The molecule has 58 valence electrons. The van der Waals surface area contributed by atoms with Gasteiger partial charge in [-0.3, -0.25) is 0 Å². The summed E-state index contributed by atoms with van der Waals surface area (Å²) in [6.07, 6.45) is 0. The molecule has 0 atom stereocenters. The molecule has 0 saturated carbocycles. The normalized spacial score (nSPS) is 9.73. The van der Waals surface area contributed by atoms with E-state index in [0.29, 0.717) is 0 Å². The Morgan fingerprint density at radius 2 is 1.64 bits per heavy atom. The summed E-state index contributed by atoms with van der Waals surface area (Å²) in [5.41, 5.74) is 0.194. The number of rotatable bonds is 1. The van der Waals surface area contributed by atoms with Crippen molar-refractivity contribution in [1.29, 1.82) is 0 Å². The minimum Gasteiger partial charge on any atom is -0.207 e. The number of halogens is 3. The number of hydrogen-bond donors (Lipinski definition) is 0. The molecule has 0 aliphatic carbocycles. The molecule has 0 aliphatic heterocycles. The van der Waals surface area contributed by atoms with Gasteiger partial charge in [0, 0.05) is 11.6 Å². The standard InChI is InChI=1S/C7H3ClF2S/c8-7(11)4-1-5(9)3-6(10)2-4/h1-3H. The molecule has 0 nitrogen and oxygen atoms in total. The van der Waals surface area contributed by atoms with E-state index in [0.717, 1.165) is 18.2 Å². The second kappa shape index (κ2) is 3.24. The van der Waals surface area contributed by atoms with E-state index in [4.69, 9.17) is 11.6 Å². The average Bonchev–Trinajstić information content (AvgIpc) is 1.85. The van der Waals surface area contributed by atoms with Crippen molar-refractivity contribution in [2.75, 3.05) is 0 Å². The Labute approximate surface area is 72.8 Å². The monoisotopic (exact) mass is 192 g/mol. The Balaban J connectivity index is 3.19. The second-order valence-electron chi connectivity index (χ2n) is 1.93. The molecule has 0 saturated heterocycles. The maximum Gasteiger partial charge on any atom is 0.126 e. The lowest BCUT2D eigenvalue weighted by Gasteiger charge is -1.95. The summed E-state index contributed by atoms with van der Waals surface area (Å²) in [4.78, 5) is 0. The van der Waals surface area contributed by atoms with Crippen LogP contribution < -0.4 is 0 Å². The lowest BCUT2D eigenvalue weighted by Crippen LogP contribution is -1.90. The molecule has 0 aromatic heterocycles. The van der Waals surface area contributed by atoms with Crippen LogP contribution in [0.1, 0.15) is 5.56 Å². The van der Waals surface area contributed by atoms with Crippen molar-refractivity contribution in [3.63, 3.8) is 0 Å². The molecule has 0 N–H and O–H groups in total. The van der Waals surface area contributed by atoms with E-state index in [2.05, 4.69) is 12.2 Å². The minimum atomic E-state index is -0.678. The van der Waals surface area contributed by atoms with Crippen LogP contribution in [0.2, 0.25) is 0 Å². The van der Waals surface area contributed by atoms with E-state index in [9.17, 15) is 8.78 Å². The van der Waals surface area contributed by atoms with Gasteiger partial charge in [0.2, 0.25) is 0 Å². The van der Waals surface area contributed by atoms with Gasteiger partial charge in [-0.05, 0) is 12.1 Å². The van der Waals surface area contributed by atoms with Gasteiger partial charge in [-0.15, -0.1) is 0 Å². The highest BCUT2D eigenvalue weighted by Gasteiger charge is 2.02. The van der Waals surface area contributed by atoms with Crippen molar-refractivity contribution >= 4 is 28.1 Å². The zero-order valence-corrected chi connectivity index (χ0v) is 6.85. The van der Waals surface area contributed by atoms with E-state index >= 15 is 0 Å². The first kappa shape index (κ1) is 8.56. The molecule has 0 fully saturated rings. The summed E-state index contributed by atoms with van der Waals surface area (Å²) in [7, 11) is 0. The quantitative estimate of drug-likeness (QED) is 0.487. The Morgan fingerprint density at radius 1 is 1.18 bits per heavy atom. The lowest BCUT2D eigenvalue weighted by molar-refractivity contribution is 0.583. The van der Waals surface area contributed by atoms with Gasteiger partial charge >= 0.3 is 0 Å². The molecule has 0 aliphatic rings. The van der Waals surface area contributed by atoms with E-state index in [-0.39, 0.29) is 9.89 Å². The highest BCUT2D eigenvalue weighted by atomic mass is 35.5. The maximum atomic E-state index is 12.4. The predicted molar refractivity (Wildman–Crippen MR) is 43.9 cm³/mol. The van der Waals surface area contributed by atoms with Crippen molar-refractivity contribution < 1.29 is 8.78 Å². The van der Waals surface area contributed by atoms with Gasteiger partial charge in [-0.1, -0.05) is 23.8 Å². The van der Waals surface area contributed by atoms with Crippen LogP contribution in [0.4, 0.5) is 8.78 Å². The zero-order valence-electron chi connectivity index (χ0n) is 5.27. The largest absolute Gasteiger partial charge is 0.207 e. The first-order valence-corrected chi connectivity index (χ1v) is 3.54. The summed E-state index contributed by atoms with van der Waals surface area (Å²) in [5, 5.41) is 0. The fourth-order valence-electron chi connectivity index (χ4n) is 0.667. The Kier molecular flexibility index (Phi) is 2.52. The molecular formula is C7H3ClF2S. The van der Waals surface area contributed by atoms with Crippen molar-refractivity contribution in [3.8, 4) is 0 Å². The van der Waals surface area contributed by atoms with Crippen molar-refractivity contribution in [2.24, 2.45) is 0 Å². The Hall–Kier alpha value is -0.540. The Bertz CT molecular complexity index is 278. The van der Waals surface area contributed by atoms with Crippen LogP contribution in [0.15, 0.2) is 18.2 Å². The molecule has 0 bridgehead atoms. The maximum absolute atomic E-state index is 12.4. The van der Waals surface area contributed by atoms with Crippen LogP contribution in [-0.4, -0.2) is 4.32 Å². The molecule has 0 amide bonds. The summed E-state index contributed by atoms with van der Waals surface area (Å²) in [6.45, 7) is 0. The first-order valence-electron chi connectivity index (χ1n) is 2.75. The summed E-state index contributed by atoms with van der Waals surface area (Å²) in [5.74, 6) is -1.36. The van der Waals surface area contributed by atoms with Crippen LogP contribution in [-0.2, 0) is 0 Å². The summed E-state index contributed by atoms with van der Waals surface area (Å²) in [6, 6.07) is 2.93. The molecule has 11 heavy (non-hydrogen) atoms. The van der Waals surface area contributed by atoms with Crippen LogP contribution in [0, 0.1) is 11.6 Å². The molecule has 0 radical (unpaired) electrons. The molecule has 1 rings (SSSR count).